The minimum atomic E-state index is 0.0130. The number of rotatable bonds is 5. The van der Waals surface area contributed by atoms with Crippen molar-refractivity contribution in [3.63, 3.8) is 0 Å². The predicted molar refractivity (Wildman–Crippen MR) is 97.9 cm³/mol. The summed E-state index contributed by atoms with van der Waals surface area (Å²) in [5, 5.41) is 5.27. The van der Waals surface area contributed by atoms with Crippen LogP contribution in [0.4, 0.5) is 5.69 Å². The Hall–Kier alpha value is -2.65. The third-order valence-electron chi connectivity index (χ3n) is 3.45. The molecule has 0 bridgehead atoms. The van der Waals surface area contributed by atoms with Crippen LogP contribution in [-0.2, 0) is 0 Å². The lowest BCUT2D eigenvalue weighted by atomic mass is 10.1. The van der Waals surface area contributed by atoms with Gasteiger partial charge in [0.2, 0.25) is 0 Å². The largest absolute Gasteiger partial charge is 0.355 e. The van der Waals surface area contributed by atoms with Crippen LogP contribution in [0, 0.1) is 6.92 Å². The van der Waals surface area contributed by atoms with Crippen molar-refractivity contribution in [3.8, 4) is 0 Å². The average molecular weight is 319 g/mol. The van der Waals surface area contributed by atoms with Crippen molar-refractivity contribution in [2.75, 3.05) is 5.32 Å². The van der Waals surface area contributed by atoms with Crippen LogP contribution < -0.4 is 5.32 Å². The van der Waals surface area contributed by atoms with E-state index in [1.807, 2.05) is 72.1 Å². The molecule has 3 rings (SSSR count). The van der Waals surface area contributed by atoms with Crippen molar-refractivity contribution in [1.29, 1.82) is 0 Å². The van der Waals surface area contributed by atoms with E-state index in [0.717, 1.165) is 21.8 Å². The van der Waals surface area contributed by atoms with Crippen LogP contribution in [0.1, 0.15) is 20.8 Å². The molecule has 0 aliphatic heterocycles. The molecule has 0 radical (unpaired) electrons. The lowest BCUT2D eigenvalue weighted by Crippen LogP contribution is -2.02. The van der Waals surface area contributed by atoms with Crippen LogP contribution in [0.5, 0.6) is 0 Å². The standard InChI is InChI=1S/C20H17NOS/c1-15-9-11-16(12-10-15)18(21-17-6-3-2-4-7-17)14-19(22)20-8-5-13-23-20/h2-14,21H,1H3/b18-14-. The number of nitrogens with one attached hydrogen (secondary N) is 1. The van der Waals surface area contributed by atoms with Crippen molar-refractivity contribution in [2.45, 2.75) is 6.92 Å². The molecule has 114 valence electrons. The van der Waals surface area contributed by atoms with Gasteiger partial charge in [-0.25, -0.2) is 0 Å². The van der Waals surface area contributed by atoms with Crippen LogP contribution >= 0.6 is 11.3 Å². The molecule has 0 aliphatic carbocycles. The topological polar surface area (TPSA) is 29.1 Å². The molecule has 23 heavy (non-hydrogen) atoms. The Morgan fingerprint density at radius 3 is 2.35 bits per heavy atom. The molecule has 2 nitrogen and oxygen atoms in total. The summed E-state index contributed by atoms with van der Waals surface area (Å²) in [6, 6.07) is 21.8. The van der Waals surface area contributed by atoms with Gasteiger partial charge >= 0.3 is 0 Å². The highest BCUT2D eigenvalue weighted by Gasteiger charge is 2.08. The Labute approximate surface area is 140 Å². The van der Waals surface area contributed by atoms with Gasteiger partial charge in [0, 0.05) is 17.5 Å². The number of carbonyl (C=O) groups excluding carboxylic acids is 1. The fourth-order valence-corrected chi connectivity index (χ4v) is 2.86. The van der Waals surface area contributed by atoms with E-state index in [-0.39, 0.29) is 5.78 Å². The molecule has 0 unspecified atom stereocenters. The average Bonchev–Trinajstić information content (AvgIpc) is 3.10. The van der Waals surface area contributed by atoms with Crippen LogP contribution in [0.25, 0.3) is 5.70 Å². The summed E-state index contributed by atoms with van der Waals surface area (Å²) in [6.45, 7) is 2.05. The highest BCUT2D eigenvalue weighted by Crippen LogP contribution is 2.21. The molecule has 0 spiro atoms. The quantitative estimate of drug-likeness (QED) is 0.504. The van der Waals surface area contributed by atoms with Gasteiger partial charge in [-0.3, -0.25) is 4.79 Å². The zero-order valence-electron chi connectivity index (χ0n) is 12.8. The molecule has 1 heterocycles. The van der Waals surface area contributed by atoms with Crippen LogP contribution in [0.2, 0.25) is 0 Å². The normalized spacial score (nSPS) is 11.3. The summed E-state index contributed by atoms with van der Waals surface area (Å²) in [4.78, 5) is 13.2. The minimum absolute atomic E-state index is 0.0130. The number of hydrogen-bond donors (Lipinski definition) is 1. The zero-order chi connectivity index (χ0) is 16.1. The van der Waals surface area contributed by atoms with Gasteiger partial charge in [-0.2, -0.15) is 0 Å². The third kappa shape index (κ3) is 3.96. The highest BCUT2D eigenvalue weighted by atomic mass is 32.1. The van der Waals surface area contributed by atoms with E-state index in [1.165, 1.54) is 16.9 Å². The van der Waals surface area contributed by atoms with E-state index < -0.39 is 0 Å². The molecule has 0 saturated carbocycles. The maximum absolute atomic E-state index is 12.4. The molecular formula is C20H17NOS. The Kier molecular flexibility index (Phi) is 4.69. The molecular weight excluding hydrogens is 302 g/mol. The van der Waals surface area contributed by atoms with Crippen LogP contribution in [0.15, 0.2) is 78.2 Å². The number of thiophene rings is 1. The van der Waals surface area contributed by atoms with Gasteiger partial charge in [-0.05, 0) is 36.1 Å². The van der Waals surface area contributed by atoms with E-state index in [2.05, 4.69) is 12.2 Å². The number of para-hydroxylation sites is 1. The van der Waals surface area contributed by atoms with Crippen molar-refractivity contribution in [3.05, 3.63) is 94.2 Å². The molecule has 1 N–H and O–H groups in total. The van der Waals surface area contributed by atoms with Crippen molar-refractivity contribution in [1.82, 2.24) is 0 Å². The second kappa shape index (κ2) is 7.07. The van der Waals surface area contributed by atoms with Gasteiger partial charge in [0.1, 0.15) is 0 Å². The first-order chi connectivity index (χ1) is 11.2. The number of hydrogen-bond acceptors (Lipinski definition) is 3. The molecule has 2 aromatic carbocycles. The number of anilines is 1. The van der Waals surface area contributed by atoms with E-state index in [1.54, 1.807) is 6.08 Å². The van der Waals surface area contributed by atoms with E-state index in [4.69, 9.17) is 0 Å². The van der Waals surface area contributed by atoms with Gasteiger partial charge in [-0.15, -0.1) is 11.3 Å². The van der Waals surface area contributed by atoms with Crippen molar-refractivity contribution in [2.24, 2.45) is 0 Å². The first kappa shape index (κ1) is 15.3. The first-order valence-corrected chi connectivity index (χ1v) is 8.29. The number of aryl methyl sites for hydroxylation is 1. The maximum atomic E-state index is 12.4. The Balaban J connectivity index is 1.95. The highest BCUT2D eigenvalue weighted by molar-refractivity contribution is 7.12. The SMILES string of the molecule is Cc1ccc(/C(=C/C(=O)c2cccs2)Nc2ccccc2)cc1. The molecule has 0 aliphatic rings. The van der Waals surface area contributed by atoms with Gasteiger partial charge in [0.25, 0.3) is 0 Å². The smallest absolute Gasteiger partial charge is 0.197 e. The molecule has 0 atom stereocenters. The van der Waals surface area contributed by atoms with Gasteiger partial charge in [0.05, 0.1) is 4.88 Å². The summed E-state index contributed by atoms with van der Waals surface area (Å²) in [7, 11) is 0. The van der Waals surface area contributed by atoms with E-state index in [9.17, 15) is 4.79 Å². The summed E-state index contributed by atoms with van der Waals surface area (Å²) in [6.07, 6.45) is 1.67. The number of carbonyl (C=O) groups is 1. The molecule has 0 amide bonds. The fourth-order valence-electron chi connectivity index (χ4n) is 2.22. The Morgan fingerprint density at radius 2 is 1.70 bits per heavy atom. The van der Waals surface area contributed by atoms with Crippen LogP contribution in [0.3, 0.4) is 0 Å². The van der Waals surface area contributed by atoms with E-state index >= 15 is 0 Å². The Morgan fingerprint density at radius 1 is 0.957 bits per heavy atom. The maximum Gasteiger partial charge on any atom is 0.197 e. The van der Waals surface area contributed by atoms with Crippen LogP contribution in [-0.4, -0.2) is 5.78 Å². The van der Waals surface area contributed by atoms with Crippen molar-refractivity contribution >= 4 is 28.5 Å². The third-order valence-corrected chi connectivity index (χ3v) is 4.34. The predicted octanol–water partition coefficient (Wildman–Crippen LogP) is 5.39. The second-order valence-corrected chi connectivity index (χ2v) is 6.20. The van der Waals surface area contributed by atoms with Gasteiger partial charge in [0.15, 0.2) is 5.78 Å². The van der Waals surface area contributed by atoms with E-state index in [0.29, 0.717) is 0 Å². The summed E-state index contributed by atoms with van der Waals surface area (Å²) in [5.41, 5.74) is 3.94. The fraction of sp³-hybridized carbons (Fsp3) is 0.0500. The summed E-state index contributed by atoms with van der Waals surface area (Å²) < 4.78 is 0. The van der Waals surface area contributed by atoms with Gasteiger partial charge in [-0.1, -0.05) is 54.1 Å². The minimum Gasteiger partial charge on any atom is -0.355 e. The lowest BCUT2D eigenvalue weighted by Gasteiger charge is -2.11. The lowest BCUT2D eigenvalue weighted by molar-refractivity contribution is 0.105. The first-order valence-electron chi connectivity index (χ1n) is 7.41. The molecule has 3 heteroatoms. The zero-order valence-corrected chi connectivity index (χ0v) is 13.6. The summed E-state index contributed by atoms with van der Waals surface area (Å²) >= 11 is 1.46. The molecule has 0 fully saturated rings. The molecule has 3 aromatic rings. The number of ketones is 1. The number of allylic oxidation sites excluding steroid dienone is 1. The Bertz CT molecular complexity index is 803. The van der Waals surface area contributed by atoms with Crippen molar-refractivity contribution < 1.29 is 4.79 Å². The second-order valence-electron chi connectivity index (χ2n) is 5.26. The van der Waals surface area contributed by atoms with Gasteiger partial charge < -0.3 is 5.32 Å². The molecule has 1 aromatic heterocycles. The molecule has 0 saturated heterocycles. The summed E-state index contributed by atoms with van der Waals surface area (Å²) in [5.74, 6) is 0.0130. The number of benzene rings is 2. The monoisotopic (exact) mass is 319 g/mol.